The van der Waals surface area contributed by atoms with Gasteiger partial charge in [-0.05, 0) is 35.6 Å². The van der Waals surface area contributed by atoms with E-state index in [0.29, 0.717) is 16.9 Å². The Kier molecular flexibility index (Phi) is 4.28. The number of aliphatic hydroxyl groups is 3. The molecular weight excluding hydrogens is 422 g/mol. The average Bonchev–Trinajstić information content (AvgIpc) is 3.41. The van der Waals surface area contributed by atoms with Crippen molar-refractivity contribution in [1.29, 1.82) is 0 Å². The van der Waals surface area contributed by atoms with Crippen molar-refractivity contribution < 1.29 is 20.1 Å². The van der Waals surface area contributed by atoms with E-state index >= 15 is 0 Å². The van der Waals surface area contributed by atoms with E-state index in [1.165, 1.54) is 15.8 Å². The molecule has 31 heavy (non-hydrogen) atoms. The van der Waals surface area contributed by atoms with Crippen LogP contribution in [0.4, 0.5) is 5.82 Å². The van der Waals surface area contributed by atoms with Crippen LogP contribution < -0.4 is 4.90 Å². The van der Waals surface area contributed by atoms with Crippen LogP contribution in [-0.4, -0.2) is 73.1 Å². The maximum atomic E-state index is 10.4. The number of halogens is 1. The Hall–Kier alpha value is -2.30. The first kappa shape index (κ1) is 19.4. The second kappa shape index (κ2) is 6.85. The highest BCUT2D eigenvalue weighted by atomic mass is 35.5. The van der Waals surface area contributed by atoms with Gasteiger partial charge in [0.25, 0.3) is 0 Å². The zero-order valence-corrected chi connectivity index (χ0v) is 17.4. The Balaban J connectivity index is 1.34. The minimum atomic E-state index is -1.25. The van der Waals surface area contributed by atoms with Gasteiger partial charge < -0.3 is 25.0 Å². The average molecular weight is 444 g/mol. The number of benzene rings is 1. The van der Waals surface area contributed by atoms with Gasteiger partial charge in [0.2, 0.25) is 5.28 Å². The molecule has 1 aliphatic carbocycles. The van der Waals surface area contributed by atoms with Crippen LogP contribution in [0.1, 0.15) is 23.8 Å². The summed E-state index contributed by atoms with van der Waals surface area (Å²) >= 11 is 6.26. The molecule has 0 amide bonds. The lowest BCUT2D eigenvalue weighted by molar-refractivity contribution is -0.0566. The van der Waals surface area contributed by atoms with Crippen molar-refractivity contribution in [3.05, 3.63) is 46.9 Å². The van der Waals surface area contributed by atoms with Crippen LogP contribution in [0, 0.1) is 0 Å². The highest BCUT2D eigenvalue weighted by Crippen LogP contribution is 2.47. The van der Waals surface area contributed by atoms with Crippen LogP contribution in [0.2, 0.25) is 5.28 Å². The van der Waals surface area contributed by atoms with Crippen LogP contribution in [0.15, 0.2) is 30.5 Å². The fourth-order valence-electron chi connectivity index (χ4n) is 5.32. The van der Waals surface area contributed by atoms with Gasteiger partial charge in [-0.15, -0.1) is 0 Å². The number of rotatable bonds is 3. The van der Waals surface area contributed by atoms with Gasteiger partial charge in [-0.2, -0.15) is 15.1 Å². The van der Waals surface area contributed by atoms with Gasteiger partial charge in [-0.25, -0.2) is 4.68 Å². The molecule has 3 aromatic rings. The zero-order valence-electron chi connectivity index (χ0n) is 16.6. The Morgan fingerprint density at radius 3 is 2.74 bits per heavy atom. The van der Waals surface area contributed by atoms with E-state index in [9.17, 15) is 15.3 Å². The second-order valence-corrected chi connectivity index (χ2v) is 9.00. The lowest BCUT2D eigenvalue weighted by atomic mass is 9.75. The number of anilines is 1. The van der Waals surface area contributed by atoms with E-state index in [2.05, 4.69) is 44.2 Å². The molecule has 162 valence electrons. The summed E-state index contributed by atoms with van der Waals surface area (Å²) < 4.78 is 7.02. The molecule has 10 heteroatoms. The van der Waals surface area contributed by atoms with Gasteiger partial charge in [0.05, 0.1) is 18.2 Å². The monoisotopic (exact) mass is 443 g/mol. The topological polar surface area (TPSA) is 117 Å². The summed E-state index contributed by atoms with van der Waals surface area (Å²) in [7, 11) is 0. The third kappa shape index (κ3) is 2.74. The molecule has 2 aliphatic heterocycles. The molecule has 0 saturated carbocycles. The SMILES string of the molecule is OC[C@H]1O[C@@H](n2ncc3c(N4CC5(CCc6ccccc65)C4)nc(Cl)nc32)[C@H](O)[C@@H]1O. The fraction of sp³-hybridized carbons (Fsp3) is 0.476. The van der Waals surface area contributed by atoms with Gasteiger partial charge in [0.1, 0.15) is 24.1 Å². The van der Waals surface area contributed by atoms with Gasteiger partial charge in [-0.1, -0.05) is 24.3 Å². The highest BCUT2D eigenvalue weighted by molar-refractivity contribution is 6.28. The zero-order chi connectivity index (χ0) is 21.3. The number of hydrogen-bond acceptors (Lipinski definition) is 8. The summed E-state index contributed by atoms with van der Waals surface area (Å²) in [6.45, 7) is 1.27. The molecule has 2 aromatic heterocycles. The fourth-order valence-corrected chi connectivity index (χ4v) is 5.48. The molecule has 0 bridgehead atoms. The first-order chi connectivity index (χ1) is 15.0. The second-order valence-electron chi connectivity index (χ2n) is 8.67. The first-order valence-corrected chi connectivity index (χ1v) is 10.7. The molecule has 0 unspecified atom stereocenters. The summed E-state index contributed by atoms with van der Waals surface area (Å²) in [5.41, 5.74) is 3.40. The molecule has 1 spiro atoms. The third-order valence-corrected chi connectivity index (χ3v) is 7.08. The Morgan fingerprint density at radius 1 is 1.16 bits per heavy atom. The van der Waals surface area contributed by atoms with E-state index in [4.69, 9.17) is 16.3 Å². The van der Waals surface area contributed by atoms with Crippen molar-refractivity contribution in [3.8, 4) is 0 Å². The molecule has 2 saturated heterocycles. The molecule has 9 nitrogen and oxygen atoms in total. The summed E-state index contributed by atoms with van der Waals surface area (Å²) in [5, 5.41) is 35.0. The number of aliphatic hydroxyl groups excluding tert-OH is 3. The van der Waals surface area contributed by atoms with Crippen molar-refractivity contribution in [1.82, 2.24) is 19.7 Å². The summed E-state index contributed by atoms with van der Waals surface area (Å²) in [4.78, 5) is 11.0. The number of hydrogen-bond donors (Lipinski definition) is 3. The molecule has 4 heterocycles. The molecule has 1 aromatic carbocycles. The van der Waals surface area contributed by atoms with Crippen LogP contribution in [-0.2, 0) is 16.6 Å². The maximum Gasteiger partial charge on any atom is 0.226 e. The maximum absolute atomic E-state index is 10.4. The molecule has 2 fully saturated rings. The molecule has 6 rings (SSSR count). The quantitative estimate of drug-likeness (QED) is 0.509. The lowest BCUT2D eigenvalue weighted by Gasteiger charge is -2.49. The molecule has 3 N–H and O–H groups in total. The minimum absolute atomic E-state index is 0.0729. The Labute approximate surface area is 182 Å². The summed E-state index contributed by atoms with van der Waals surface area (Å²) in [6.07, 6.45) is -0.506. The number of aromatic nitrogens is 4. The van der Waals surface area contributed by atoms with Gasteiger partial charge in [0.15, 0.2) is 11.9 Å². The lowest BCUT2D eigenvalue weighted by Crippen LogP contribution is -2.58. The highest BCUT2D eigenvalue weighted by Gasteiger charge is 2.49. The van der Waals surface area contributed by atoms with E-state index < -0.39 is 31.1 Å². The number of fused-ring (bicyclic) bond motifs is 3. The van der Waals surface area contributed by atoms with Gasteiger partial charge >= 0.3 is 0 Å². The standard InChI is InChI=1S/C21H22ClN5O4/c22-20-24-17(26-9-21(10-26)6-5-11-3-1-2-4-13(11)21)12-7-23-27(18(12)25-20)19-16(30)15(29)14(8-28)31-19/h1-4,7,14-16,19,28-30H,5-6,8-10H2/t14-,15-,16-,19-/m1/s1. The van der Waals surface area contributed by atoms with E-state index in [-0.39, 0.29) is 10.7 Å². The van der Waals surface area contributed by atoms with Crippen molar-refractivity contribution in [3.63, 3.8) is 0 Å². The molecular formula is C21H22ClN5O4. The van der Waals surface area contributed by atoms with Crippen LogP contribution >= 0.6 is 11.6 Å². The minimum Gasteiger partial charge on any atom is -0.394 e. The van der Waals surface area contributed by atoms with Crippen molar-refractivity contribution >= 4 is 28.5 Å². The van der Waals surface area contributed by atoms with E-state index in [1.54, 1.807) is 6.20 Å². The van der Waals surface area contributed by atoms with Crippen molar-refractivity contribution in [2.24, 2.45) is 0 Å². The van der Waals surface area contributed by atoms with E-state index in [1.807, 2.05) is 0 Å². The first-order valence-electron chi connectivity index (χ1n) is 10.4. The normalized spacial score (nSPS) is 29.0. The molecule has 0 radical (unpaired) electrons. The van der Waals surface area contributed by atoms with Gasteiger partial charge in [0, 0.05) is 18.5 Å². The predicted octanol–water partition coefficient (Wildman–Crippen LogP) is 0.795. The summed E-state index contributed by atoms with van der Waals surface area (Å²) in [6, 6.07) is 8.62. The smallest absolute Gasteiger partial charge is 0.226 e. The Morgan fingerprint density at radius 2 is 1.97 bits per heavy atom. The number of aryl methyl sites for hydroxylation is 1. The number of ether oxygens (including phenoxy) is 1. The van der Waals surface area contributed by atoms with Crippen LogP contribution in [0.3, 0.4) is 0 Å². The van der Waals surface area contributed by atoms with Crippen molar-refractivity contribution in [2.75, 3.05) is 24.6 Å². The molecule has 4 atom stereocenters. The van der Waals surface area contributed by atoms with Gasteiger partial charge in [-0.3, -0.25) is 0 Å². The third-order valence-electron chi connectivity index (χ3n) is 6.91. The Bertz CT molecular complexity index is 1160. The predicted molar refractivity (Wildman–Crippen MR) is 112 cm³/mol. The molecule has 3 aliphatic rings. The van der Waals surface area contributed by atoms with Crippen LogP contribution in [0.5, 0.6) is 0 Å². The van der Waals surface area contributed by atoms with Crippen LogP contribution in [0.25, 0.3) is 11.0 Å². The number of nitrogens with zero attached hydrogens (tertiary/aromatic N) is 5. The van der Waals surface area contributed by atoms with Crippen molar-refractivity contribution in [2.45, 2.75) is 42.8 Å². The largest absolute Gasteiger partial charge is 0.394 e. The summed E-state index contributed by atoms with van der Waals surface area (Å²) in [5.74, 6) is 0.697. The van der Waals surface area contributed by atoms with E-state index in [0.717, 1.165) is 25.9 Å².